The first-order valence-corrected chi connectivity index (χ1v) is 26.2. The molecule has 0 radical (unpaired) electrons. The highest BCUT2D eigenvalue weighted by Gasteiger charge is 2.51. The predicted molar refractivity (Wildman–Crippen MR) is 264 cm³/mol. The van der Waals surface area contributed by atoms with Crippen molar-refractivity contribution in [2.24, 2.45) is 11.3 Å². The summed E-state index contributed by atoms with van der Waals surface area (Å²) in [6.07, 6.45) is 36.5. The molecule has 382 valence electrons. The van der Waals surface area contributed by atoms with Crippen LogP contribution in [0.5, 0.6) is 0 Å². The van der Waals surface area contributed by atoms with Crippen molar-refractivity contribution >= 4 is 23.9 Å². The van der Waals surface area contributed by atoms with Gasteiger partial charge >= 0.3 is 29.6 Å². The van der Waals surface area contributed by atoms with E-state index < -0.39 is 78.4 Å². The fraction of sp³-hybridized carbons (Fsp3) is 0.774. The number of allylic oxidation sites excluding steroid dienone is 4. The Kier molecular flexibility index (Phi) is 32.6. The zero-order valence-corrected chi connectivity index (χ0v) is 41.7. The van der Waals surface area contributed by atoms with E-state index in [4.69, 9.17) is 14.2 Å². The maximum atomic E-state index is 13.4. The molecule has 1 unspecified atom stereocenters. The van der Waals surface area contributed by atoms with Crippen LogP contribution in [0.1, 0.15) is 218 Å². The Morgan fingerprint density at radius 2 is 1.12 bits per heavy atom. The van der Waals surface area contributed by atoms with Crippen molar-refractivity contribution in [3.8, 4) is 0 Å². The molecule has 14 heteroatoms. The lowest BCUT2D eigenvalue weighted by molar-refractivity contribution is -0.176. The molecule has 1 saturated heterocycles. The fourth-order valence-corrected chi connectivity index (χ4v) is 8.75. The van der Waals surface area contributed by atoms with Gasteiger partial charge in [-0.05, 0) is 77.6 Å². The first-order valence-electron chi connectivity index (χ1n) is 26.2. The van der Waals surface area contributed by atoms with Gasteiger partial charge in [-0.3, -0.25) is 33.5 Å². The summed E-state index contributed by atoms with van der Waals surface area (Å²) in [7, 11) is 0. The van der Waals surface area contributed by atoms with Crippen LogP contribution in [0.2, 0.25) is 0 Å². The quantitative estimate of drug-likeness (QED) is 0.0275. The SMILES string of the molecule is CCCCCCCC/C=C\CCCCCCCC(=O)OCC(COC(=O)CCCCCCC/C=C\CCCCCCCC)C(CC(=O)O)(C[C@H]1CNC[C@H](n2cc(C)c(=O)[nH]c2=O)O1)C(=O)O. The third-order valence-corrected chi connectivity index (χ3v) is 12.9. The van der Waals surface area contributed by atoms with Crippen molar-refractivity contribution in [3.63, 3.8) is 0 Å². The standard InChI is InChI=1S/C53H89N3O11/c1-4-6-8-10-12-14-16-18-20-22-24-26-28-30-32-34-48(59)65-41-44(42-66-49(60)35-33-31-29-27-25-23-21-19-17-15-13-11-9-7-5-2)53(51(62)63,37-47(57)58)36-45-38-54-39-46(67-45)56-40-43(3)50(61)55-52(56)64/h18-21,40,44-46,54H,4-17,22-39,41-42H2,1-3H3,(H,57,58)(H,62,63)(H,55,61,64)/b20-18-,21-19-/t45-,46+,53?/m0/s1. The number of carboxylic acids is 2. The van der Waals surface area contributed by atoms with Gasteiger partial charge in [-0.1, -0.05) is 141 Å². The van der Waals surface area contributed by atoms with Gasteiger partial charge in [0, 0.05) is 43.6 Å². The number of aliphatic carboxylic acids is 2. The molecule has 1 aliphatic heterocycles. The van der Waals surface area contributed by atoms with E-state index in [-0.39, 0.29) is 37.9 Å². The zero-order valence-electron chi connectivity index (χ0n) is 41.7. The topological polar surface area (TPSA) is 203 Å². The van der Waals surface area contributed by atoms with Crippen LogP contribution in [0.4, 0.5) is 0 Å². The molecule has 0 aliphatic carbocycles. The normalized spacial score (nSPS) is 16.2. The molecule has 0 aromatic carbocycles. The number of aromatic amines is 1. The van der Waals surface area contributed by atoms with Gasteiger partial charge in [0.1, 0.15) is 0 Å². The molecule has 0 spiro atoms. The van der Waals surface area contributed by atoms with Gasteiger partial charge in [0.05, 0.1) is 31.2 Å². The van der Waals surface area contributed by atoms with Crippen molar-refractivity contribution < 1.29 is 43.6 Å². The van der Waals surface area contributed by atoms with Crippen molar-refractivity contribution in [2.45, 2.75) is 226 Å². The van der Waals surface area contributed by atoms with Gasteiger partial charge in [0.15, 0.2) is 6.23 Å². The predicted octanol–water partition coefficient (Wildman–Crippen LogP) is 11.0. The van der Waals surface area contributed by atoms with Crippen molar-refractivity contribution in [3.05, 3.63) is 56.9 Å². The number of morpholine rings is 1. The van der Waals surface area contributed by atoms with E-state index in [1.165, 1.54) is 94.7 Å². The number of unbranched alkanes of at least 4 members (excludes halogenated alkanes) is 22. The highest BCUT2D eigenvalue weighted by Crippen LogP contribution is 2.40. The van der Waals surface area contributed by atoms with Crippen LogP contribution in [0, 0.1) is 18.3 Å². The monoisotopic (exact) mass is 944 g/mol. The van der Waals surface area contributed by atoms with Gasteiger partial charge in [0.2, 0.25) is 0 Å². The lowest BCUT2D eigenvalue weighted by atomic mass is 9.69. The lowest BCUT2D eigenvalue weighted by Gasteiger charge is -2.40. The number of carbonyl (C=O) groups is 4. The molecule has 0 amide bonds. The Bertz CT molecular complexity index is 1650. The fourth-order valence-electron chi connectivity index (χ4n) is 8.75. The second-order valence-corrected chi connectivity index (χ2v) is 18.8. The first-order chi connectivity index (χ1) is 32.4. The number of nitrogens with one attached hydrogen (secondary N) is 2. The number of carbonyl (C=O) groups excluding carboxylic acids is 2. The van der Waals surface area contributed by atoms with Crippen molar-refractivity contribution in [1.29, 1.82) is 0 Å². The molecule has 1 aliphatic rings. The number of nitrogens with zero attached hydrogens (tertiary/aromatic N) is 1. The summed E-state index contributed by atoms with van der Waals surface area (Å²) in [6.45, 7) is 5.32. The smallest absolute Gasteiger partial charge is 0.330 e. The minimum absolute atomic E-state index is 0.115. The van der Waals surface area contributed by atoms with E-state index in [9.17, 15) is 39.0 Å². The summed E-state index contributed by atoms with van der Waals surface area (Å²) in [5.74, 6) is -5.19. The number of hydrogen-bond acceptors (Lipinski definition) is 10. The molecule has 67 heavy (non-hydrogen) atoms. The van der Waals surface area contributed by atoms with E-state index in [2.05, 4.69) is 48.5 Å². The van der Waals surface area contributed by atoms with Crippen molar-refractivity contribution in [1.82, 2.24) is 14.9 Å². The van der Waals surface area contributed by atoms with Gasteiger partial charge in [-0.25, -0.2) is 4.79 Å². The summed E-state index contributed by atoms with van der Waals surface area (Å²) in [5, 5.41) is 24.1. The average molecular weight is 944 g/mol. The number of hydrogen-bond donors (Lipinski definition) is 4. The molecule has 1 aromatic rings. The van der Waals surface area contributed by atoms with Crippen LogP contribution in [-0.2, 0) is 33.4 Å². The second-order valence-electron chi connectivity index (χ2n) is 18.8. The molecular formula is C53H89N3O11. The number of rotatable bonds is 41. The molecule has 4 N–H and O–H groups in total. The van der Waals surface area contributed by atoms with Crippen LogP contribution in [0.25, 0.3) is 0 Å². The molecule has 14 nitrogen and oxygen atoms in total. The number of aromatic nitrogens is 2. The van der Waals surface area contributed by atoms with E-state index in [1.807, 2.05) is 0 Å². The Balaban J connectivity index is 1.99. The molecule has 2 rings (SSSR count). The molecule has 2 heterocycles. The number of esters is 2. The van der Waals surface area contributed by atoms with E-state index in [0.717, 1.165) is 77.0 Å². The zero-order chi connectivity index (χ0) is 49.0. The number of ether oxygens (including phenoxy) is 3. The van der Waals surface area contributed by atoms with Crippen molar-refractivity contribution in [2.75, 3.05) is 26.3 Å². The summed E-state index contributed by atoms with van der Waals surface area (Å²) < 4.78 is 18.7. The second kappa shape index (κ2) is 36.9. The van der Waals surface area contributed by atoms with Gasteiger partial charge < -0.3 is 29.7 Å². The van der Waals surface area contributed by atoms with E-state index in [0.29, 0.717) is 12.8 Å². The third kappa shape index (κ3) is 26.3. The van der Waals surface area contributed by atoms with E-state index >= 15 is 0 Å². The highest BCUT2D eigenvalue weighted by molar-refractivity contribution is 5.82. The third-order valence-electron chi connectivity index (χ3n) is 12.9. The van der Waals surface area contributed by atoms with Crippen LogP contribution < -0.4 is 16.6 Å². The Morgan fingerprint density at radius 1 is 0.687 bits per heavy atom. The van der Waals surface area contributed by atoms with Gasteiger partial charge in [-0.15, -0.1) is 0 Å². The molecule has 1 aromatic heterocycles. The first kappa shape index (κ1) is 59.1. The highest BCUT2D eigenvalue weighted by atomic mass is 16.5. The largest absolute Gasteiger partial charge is 0.481 e. The lowest BCUT2D eigenvalue weighted by Crippen LogP contribution is -2.52. The van der Waals surface area contributed by atoms with Crippen LogP contribution in [0.3, 0.4) is 0 Å². The average Bonchev–Trinajstić information content (AvgIpc) is 3.29. The van der Waals surface area contributed by atoms with Crippen LogP contribution in [0.15, 0.2) is 40.1 Å². The Hall–Kier alpha value is -4.04. The Labute approximate surface area is 401 Å². The van der Waals surface area contributed by atoms with E-state index in [1.54, 1.807) is 0 Å². The molecule has 0 saturated carbocycles. The number of aryl methyl sites for hydroxylation is 1. The summed E-state index contributed by atoms with van der Waals surface area (Å²) >= 11 is 0. The van der Waals surface area contributed by atoms with Crippen LogP contribution >= 0.6 is 0 Å². The molecule has 3 atom stereocenters. The maximum Gasteiger partial charge on any atom is 0.330 e. The molecule has 0 bridgehead atoms. The summed E-state index contributed by atoms with van der Waals surface area (Å²) in [5.41, 5.74) is -3.09. The molecular weight excluding hydrogens is 855 g/mol. The van der Waals surface area contributed by atoms with Gasteiger partial charge in [-0.2, -0.15) is 0 Å². The minimum atomic E-state index is -2.10. The maximum absolute atomic E-state index is 13.4. The molecule has 1 fully saturated rings. The number of H-pyrrole nitrogens is 1. The number of carboxylic acid groups (broad SMARTS) is 2. The van der Waals surface area contributed by atoms with Gasteiger partial charge in [0.25, 0.3) is 5.56 Å². The minimum Gasteiger partial charge on any atom is -0.481 e. The summed E-state index contributed by atoms with van der Waals surface area (Å²) in [6, 6.07) is 0. The summed E-state index contributed by atoms with van der Waals surface area (Å²) in [4.78, 5) is 79.0. The van der Waals surface area contributed by atoms with Crippen LogP contribution in [-0.4, -0.2) is 76.0 Å². The Morgan fingerprint density at radius 3 is 1.55 bits per heavy atom.